The van der Waals surface area contributed by atoms with Crippen molar-refractivity contribution >= 4 is 22.7 Å². The Morgan fingerprint density at radius 3 is 1.40 bits per heavy atom. The van der Waals surface area contributed by atoms with Gasteiger partial charge < -0.3 is 10.6 Å². The molecule has 0 amide bonds. The van der Waals surface area contributed by atoms with Crippen LogP contribution in [0.15, 0.2) is 48.8 Å². The highest BCUT2D eigenvalue weighted by Gasteiger charge is 2.26. The summed E-state index contributed by atoms with van der Waals surface area (Å²) in [6.07, 6.45) is 4.61. The van der Waals surface area contributed by atoms with Gasteiger partial charge in [0.1, 0.15) is 0 Å². The number of nitrogens with zero attached hydrogens (tertiary/aromatic N) is 6. The van der Waals surface area contributed by atoms with E-state index in [0.717, 1.165) is 22.5 Å². The fraction of sp³-hybridized carbons (Fsp3) is 0.419. The predicted octanol–water partition coefficient (Wildman–Crippen LogP) is 6.81. The first kappa shape index (κ1) is 31.2. The molecule has 2 aromatic heterocycles. The molecule has 43 heavy (non-hydrogen) atoms. The average Bonchev–Trinajstić information content (AvgIpc) is 3.51. The zero-order chi connectivity index (χ0) is 31.7. The van der Waals surface area contributed by atoms with Crippen molar-refractivity contribution in [3.05, 3.63) is 80.1 Å². The van der Waals surface area contributed by atoms with Gasteiger partial charge in [-0.15, -0.1) is 0 Å². The number of nitro groups is 2. The molecule has 0 unspecified atom stereocenters. The summed E-state index contributed by atoms with van der Waals surface area (Å²) in [6.45, 7) is 13.7. The number of benzene rings is 2. The van der Waals surface area contributed by atoms with Gasteiger partial charge in [0.2, 0.25) is 0 Å². The first-order chi connectivity index (χ1) is 20.1. The lowest BCUT2D eigenvalue weighted by Crippen LogP contribution is -2.13. The van der Waals surface area contributed by atoms with Crippen LogP contribution in [0.1, 0.15) is 59.1 Å². The first-order valence-corrected chi connectivity index (χ1v) is 14.2. The summed E-state index contributed by atoms with van der Waals surface area (Å²) in [5.74, 6) is 0. The van der Waals surface area contributed by atoms with Crippen LogP contribution in [-0.2, 0) is 24.9 Å². The fourth-order valence-electron chi connectivity index (χ4n) is 5.00. The van der Waals surface area contributed by atoms with Crippen molar-refractivity contribution in [2.24, 2.45) is 14.1 Å². The van der Waals surface area contributed by atoms with Crippen LogP contribution in [0.3, 0.4) is 0 Å². The second kappa shape index (κ2) is 11.9. The standard InChI is InChI=1S/C31H40N8O4/c1-30(2,3)24-18-36(7)34-28(24)22-16-20(38(40)41)10-12-26(22)32-14-9-15-33-27-13-11-21(39(42)43)17-23(27)29-25(31(4,5)6)19-37(8)35-29/h10-13,16-19,32-33H,9,14-15H2,1-8H3. The Morgan fingerprint density at radius 1 is 0.698 bits per heavy atom. The third-order valence-electron chi connectivity index (χ3n) is 7.20. The van der Waals surface area contributed by atoms with E-state index in [-0.39, 0.29) is 22.2 Å². The minimum Gasteiger partial charge on any atom is -0.384 e. The average molecular weight is 589 g/mol. The molecule has 0 spiro atoms. The molecule has 0 radical (unpaired) electrons. The summed E-state index contributed by atoms with van der Waals surface area (Å²) < 4.78 is 3.47. The van der Waals surface area contributed by atoms with Crippen LogP contribution in [0.2, 0.25) is 0 Å². The monoisotopic (exact) mass is 588 g/mol. The number of aryl methyl sites for hydroxylation is 2. The minimum atomic E-state index is -0.397. The molecule has 12 nitrogen and oxygen atoms in total. The maximum Gasteiger partial charge on any atom is 0.270 e. The number of hydrogen-bond acceptors (Lipinski definition) is 8. The van der Waals surface area contributed by atoms with Crippen molar-refractivity contribution in [2.45, 2.75) is 58.8 Å². The summed E-state index contributed by atoms with van der Waals surface area (Å²) in [6, 6.07) is 9.58. The van der Waals surface area contributed by atoms with Gasteiger partial charge in [-0.25, -0.2) is 0 Å². The topological polar surface area (TPSA) is 146 Å². The van der Waals surface area contributed by atoms with Crippen molar-refractivity contribution in [3.8, 4) is 22.5 Å². The van der Waals surface area contributed by atoms with E-state index in [1.54, 1.807) is 33.6 Å². The Balaban J connectivity index is 1.55. The molecule has 0 atom stereocenters. The van der Waals surface area contributed by atoms with Crippen LogP contribution < -0.4 is 10.6 Å². The highest BCUT2D eigenvalue weighted by molar-refractivity contribution is 5.81. The smallest absolute Gasteiger partial charge is 0.270 e. The Bertz CT molecular complexity index is 1540. The van der Waals surface area contributed by atoms with Gasteiger partial charge >= 0.3 is 0 Å². The Hall–Kier alpha value is -4.74. The summed E-state index contributed by atoms with van der Waals surface area (Å²) in [5, 5.41) is 39.4. The Labute approximate surface area is 251 Å². The number of nitrogens with one attached hydrogen (secondary N) is 2. The van der Waals surface area contributed by atoms with Gasteiger partial charge in [0.25, 0.3) is 11.4 Å². The molecule has 0 fully saturated rings. The normalized spacial score (nSPS) is 11.9. The molecular formula is C31H40N8O4. The maximum absolute atomic E-state index is 11.6. The van der Waals surface area contributed by atoms with Crippen molar-refractivity contribution in [1.82, 2.24) is 19.6 Å². The molecular weight excluding hydrogens is 548 g/mol. The Kier molecular flexibility index (Phi) is 8.61. The number of hydrogen-bond donors (Lipinski definition) is 2. The molecule has 4 aromatic rings. The molecule has 0 saturated carbocycles. The number of anilines is 2. The number of non-ortho nitro benzene ring substituents is 2. The van der Waals surface area contributed by atoms with Crippen LogP contribution in [0, 0.1) is 20.2 Å². The van der Waals surface area contributed by atoms with E-state index in [1.165, 1.54) is 12.1 Å². The van der Waals surface area contributed by atoms with E-state index in [2.05, 4.69) is 62.4 Å². The Morgan fingerprint density at radius 2 is 1.07 bits per heavy atom. The van der Waals surface area contributed by atoms with Gasteiger partial charge in [-0.05, 0) is 29.4 Å². The number of rotatable bonds is 10. The van der Waals surface area contributed by atoms with Crippen LogP contribution in [0.4, 0.5) is 22.7 Å². The van der Waals surface area contributed by atoms with Crippen molar-refractivity contribution in [1.29, 1.82) is 0 Å². The van der Waals surface area contributed by atoms with Crippen LogP contribution in [0.5, 0.6) is 0 Å². The summed E-state index contributed by atoms with van der Waals surface area (Å²) in [4.78, 5) is 22.4. The molecule has 0 aliphatic carbocycles. The molecule has 2 heterocycles. The molecule has 0 aliphatic heterocycles. The lowest BCUT2D eigenvalue weighted by molar-refractivity contribution is -0.385. The fourth-order valence-corrected chi connectivity index (χ4v) is 5.00. The van der Waals surface area contributed by atoms with Crippen LogP contribution >= 0.6 is 0 Å². The highest BCUT2D eigenvalue weighted by Crippen LogP contribution is 2.39. The molecule has 0 saturated heterocycles. The van der Waals surface area contributed by atoms with Crippen LogP contribution in [-0.4, -0.2) is 42.5 Å². The summed E-state index contributed by atoms with van der Waals surface area (Å²) in [7, 11) is 3.69. The van der Waals surface area contributed by atoms with E-state index in [4.69, 9.17) is 0 Å². The van der Waals surface area contributed by atoms with E-state index in [9.17, 15) is 20.2 Å². The second-order valence-electron chi connectivity index (χ2n) is 12.8. The molecule has 12 heteroatoms. The summed E-state index contributed by atoms with van der Waals surface area (Å²) >= 11 is 0. The largest absolute Gasteiger partial charge is 0.384 e. The molecule has 228 valence electrons. The van der Waals surface area contributed by atoms with Gasteiger partial charge in [0.05, 0.1) is 21.2 Å². The molecule has 2 aromatic carbocycles. The predicted molar refractivity (Wildman–Crippen MR) is 170 cm³/mol. The zero-order valence-electron chi connectivity index (χ0n) is 26.1. The van der Waals surface area contributed by atoms with E-state index in [0.29, 0.717) is 42.0 Å². The SMILES string of the molecule is Cn1cc(C(C)(C)C)c(-c2cc([N+](=O)[O-])ccc2NCCCNc2ccc([N+](=O)[O-])cc2-c2nn(C)cc2C(C)(C)C)n1. The molecule has 4 rings (SSSR count). The third kappa shape index (κ3) is 7.02. The van der Waals surface area contributed by atoms with E-state index >= 15 is 0 Å². The van der Waals surface area contributed by atoms with Crippen molar-refractivity contribution in [3.63, 3.8) is 0 Å². The maximum atomic E-state index is 11.6. The molecule has 0 bridgehead atoms. The van der Waals surface area contributed by atoms with Gasteiger partial charge in [-0.1, -0.05) is 41.5 Å². The summed E-state index contributed by atoms with van der Waals surface area (Å²) in [5.41, 5.74) is 5.86. The van der Waals surface area contributed by atoms with Gasteiger partial charge in [-0.3, -0.25) is 29.6 Å². The third-order valence-corrected chi connectivity index (χ3v) is 7.20. The quantitative estimate of drug-likeness (QED) is 0.117. The van der Waals surface area contributed by atoms with E-state index < -0.39 is 9.85 Å². The van der Waals surface area contributed by atoms with Gasteiger partial charge in [-0.2, -0.15) is 10.2 Å². The lowest BCUT2D eigenvalue weighted by atomic mass is 9.85. The van der Waals surface area contributed by atoms with Crippen molar-refractivity contribution in [2.75, 3.05) is 23.7 Å². The van der Waals surface area contributed by atoms with Gasteiger partial charge in [0, 0.05) is 97.5 Å². The second-order valence-corrected chi connectivity index (χ2v) is 12.8. The van der Waals surface area contributed by atoms with Crippen molar-refractivity contribution < 1.29 is 9.85 Å². The zero-order valence-corrected chi connectivity index (χ0v) is 26.1. The lowest BCUT2D eigenvalue weighted by Gasteiger charge is -2.20. The minimum absolute atomic E-state index is 0.00239. The number of nitro benzene ring substituents is 2. The first-order valence-electron chi connectivity index (χ1n) is 14.2. The number of aromatic nitrogens is 4. The van der Waals surface area contributed by atoms with E-state index in [1.807, 2.05) is 26.5 Å². The molecule has 2 N–H and O–H groups in total. The molecule has 0 aliphatic rings. The van der Waals surface area contributed by atoms with Gasteiger partial charge in [0.15, 0.2) is 0 Å². The highest BCUT2D eigenvalue weighted by atomic mass is 16.6. The van der Waals surface area contributed by atoms with Crippen LogP contribution in [0.25, 0.3) is 22.5 Å².